The van der Waals surface area contributed by atoms with Crippen molar-refractivity contribution >= 4 is 34.6 Å². The minimum absolute atomic E-state index is 0. The van der Waals surface area contributed by atoms with Gasteiger partial charge < -0.3 is 34.1 Å². The van der Waals surface area contributed by atoms with Crippen LogP contribution >= 0.6 is 0 Å². The summed E-state index contributed by atoms with van der Waals surface area (Å²) in [5, 5.41) is 16.5. The minimum atomic E-state index is -0.367. The molecule has 0 aliphatic carbocycles. The lowest BCUT2D eigenvalue weighted by molar-refractivity contribution is -0.688. The SMILES string of the molecule is N=C(N)c1ccc(NC(=O)Nc2ccccc2Nc2cc[n+](Cc3ccccc3)cc2)cc1.[Cl-]. The largest absolute Gasteiger partial charge is 1.00 e. The van der Waals surface area contributed by atoms with E-state index < -0.39 is 0 Å². The Hall–Kier alpha value is -4.36. The van der Waals surface area contributed by atoms with Crippen molar-refractivity contribution in [1.82, 2.24) is 0 Å². The van der Waals surface area contributed by atoms with Gasteiger partial charge in [0, 0.05) is 28.9 Å². The number of hydrogen-bond donors (Lipinski definition) is 5. The third-order valence-electron chi connectivity index (χ3n) is 5.01. The van der Waals surface area contributed by atoms with Crippen molar-refractivity contribution in [2.75, 3.05) is 16.0 Å². The summed E-state index contributed by atoms with van der Waals surface area (Å²) >= 11 is 0. The van der Waals surface area contributed by atoms with Gasteiger partial charge in [-0.3, -0.25) is 5.41 Å². The van der Waals surface area contributed by atoms with Gasteiger partial charge in [0.25, 0.3) is 0 Å². The predicted molar refractivity (Wildman–Crippen MR) is 132 cm³/mol. The van der Waals surface area contributed by atoms with E-state index in [1.807, 2.05) is 67.0 Å². The summed E-state index contributed by atoms with van der Waals surface area (Å²) in [7, 11) is 0. The molecule has 0 spiro atoms. The number of para-hydroxylation sites is 2. The van der Waals surface area contributed by atoms with Gasteiger partial charge in [-0.1, -0.05) is 42.5 Å². The van der Waals surface area contributed by atoms with Gasteiger partial charge in [0.15, 0.2) is 18.9 Å². The lowest BCUT2D eigenvalue weighted by atomic mass is 10.2. The quantitative estimate of drug-likeness (QED) is 0.160. The van der Waals surface area contributed by atoms with Gasteiger partial charge in [0.1, 0.15) is 5.84 Å². The minimum Gasteiger partial charge on any atom is -1.00 e. The van der Waals surface area contributed by atoms with Gasteiger partial charge in [-0.15, -0.1) is 0 Å². The molecule has 0 saturated heterocycles. The fraction of sp³-hybridized carbons (Fsp3) is 0.0385. The Labute approximate surface area is 204 Å². The average molecular weight is 473 g/mol. The van der Waals surface area contributed by atoms with E-state index >= 15 is 0 Å². The highest BCUT2D eigenvalue weighted by molar-refractivity contribution is 6.02. The summed E-state index contributed by atoms with van der Waals surface area (Å²) in [6.07, 6.45) is 4.03. The molecule has 6 N–H and O–H groups in total. The predicted octanol–water partition coefficient (Wildman–Crippen LogP) is 1.70. The molecule has 0 fully saturated rings. The van der Waals surface area contributed by atoms with E-state index in [9.17, 15) is 4.79 Å². The maximum atomic E-state index is 12.5. The zero-order chi connectivity index (χ0) is 23.0. The molecule has 0 saturated carbocycles. The molecule has 0 unspecified atom stereocenters. The number of nitrogens with two attached hydrogens (primary N) is 1. The summed E-state index contributed by atoms with van der Waals surface area (Å²) < 4.78 is 2.11. The molecule has 1 heterocycles. The molecular weight excluding hydrogens is 448 g/mol. The van der Waals surface area contributed by atoms with E-state index in [0.717, 1.165) is 17.9 Å². The maximum absolute atomic E-state index is 12.5. The Morgan fingerprint density at radius 3 is 2.03 bits per heavy atom. The normalized spacial score (nSPS) is 10.0. The first-order chi connectivity index (χ1) is 16.1. The Bertz CT molecular complexity index is 1240. The van der Waals surface area contributed by atoms with Crippen molar-refractivity contribution in [2.45, 2.75) is 6.54 Å². The molecule has 34 heavy (non-hydrogen) atoms. The molecule has 0 bridgehead atoms. The number of benzene rings is 3. The van der Waals surface area contributed by atoms with E-state index in [-0.39, 0.29) is 24.3 Å². The van der Waals surface area contributed by atoms with E-state index in [2.05, 4.69) is 32.7 Å². The average Bonchev–Trinajstić information content (AvgIpc) is 2.82. The van der Waals surface area contributed by atoms with Crippen molar-refractivity contribution < 1.29 is 21.8 Å². The van der Waals surface area contributed by atoms with Crippen LogP contribution in [0.25, 0.3) is 0 Å². The summed E-state index contributed by atoms with van der Waals surface area (Å²) in [4.78, 5) is 12.5. The van der Waals surface area contributed by atoms with Crippen molar-refractivity contribution in [2.24, 2.45) is 5.73 Å². The zero-order valence-electron chi connectivity index (χ0n) is 18.3. The summed E-state index contributed by atoms with van der Waals surface area (Å²) in [5.74, 6) is -0.0162. The fourth-order valence-corrected chi connectivity index (χ4v) is 3.31. The second-order valence-electron chi connectivity index (χ2n) is 7.49. The standard InChI is InChI=1S/C26H24N6O.ClH/c27-25(28)20-10-12-21(13-11-20)30-26(33)31-24-9-5-4-8-23(24)29-22-14-16-32(17-15-22)18-19-6-2-1-3-7-19;/h1-17H,18H2,(H5,27,28,30,31,33);1H. The third kappa shape index (κ3) is 6.57. The van der Waals surface area contributed by atoms with E-state index in [4.69, 9.17) is 11.1 Å². The summed E-state index contributed by atoms with van der Waals surface area (Å²) in [6, 6.07) is 28.2. The second kappa shape index (κ2) is 11.5. The number of urea groups is 1. The summed E-state index contributed by atoms with van der Waals surface area (Å²) in [5.41, 5.74) is 10.2. The van der Waals surface area contributed by atoms with Crippen molar-refractivity contribution in [1.29, 1.82) is 5.41 Å². The number of halogens is 1. The van der Waals surface area contributed by atoms with E-state index in [1.54, 1.807) is 24.3 Å². The number of anilines is 4. The maximum Gasteiger partial charge on any atom is 0.323 e. The van der Waals surface area contributed by atoms with Crippen molar-refractivity contribution in [3.63, 3.8) is 0 Å². The molecule has 4 aromatic rings. The zero-order valence-corrected chi connectivity index (χ0v) is 19.1. The molecule has 2 amide bonds. The molecule has 8 heteroatoms. The van der Waals surface area contributed by atoms with Crippen LogP contribution < -0.4 is 38.7 Å². The molecular formula is C26H25ClN6O. The first-order valence-electron chi connectivity index (χ1n) is 10.5. The highest BCUT2D eigenvalue weighted by Crippen LogP contribution is 2.25. The number of amides is 2. The van der Waals surface area contributed by atoms with E-state index in [1.165, 1.54) is 5.56 Å². The molecule has 0 aliphatic rings. The van der Waals surface area contributed by atoms with Crippen LogP contribution in [0, 0.1) is 5.41 Å². The lowest BCUT2D eigenvalue weighted by Gasteiger charge is -2.13. The van der Waals surface area contributed by atoms with Crippen molar-refractivity contribution in [3.05, 3.63) is 115 Å². The lowest BCUT2D eigenvalue weighted by Crippen LogP contribution is -3.00. The van der Waals surface area contributed by atoms with Crippen LogP contribution in [0.1, 0.15) is 11.1 Å². The Morgan fingerprint density at radius 1 is 0.765 bits per heavy atom. The van der Waals surface area contributed by atoms with Crippen molar-refractivity contribution in [3.8, 4) is 0 Å². The number of nitrogens with one attached hydrogen (secondary N) is 4. The van der Waals surface area contributed by atoms with E-state index in [0.29, 0.717) is 16.9 Å². The Balaban J connectivity index is 0.00000324. The third-order valence-corrected chi connectivity index (χ3v) is 5.01. The van der Waals surface area contributed by atoms with Gasteiger partial charge in [0.05, 0.1) is 17.1 Å². The number of carbonyl (C=O) groups is 1. The van der Waals surface area contributed by atoms with Gasteiger partial charge in [-0.2, -0.15) is 0 Å². The fourth-order valence-electron chi connectivity index (χ4n) is 3.31. The monoisotopic (exact) mass is 472 g/mol. The number of rotatable bonds is 7. The second-order valence-corrected chi connectivity index (χ2v) is 7.49. The first-order valence-corrected chi connectivity index (χ1v) is 10.5. The molecule has 4 rings (SSSR count). The molecule has 0 radical (unpaired) electrons. The van der Waals surface area contributed by atoms with Crippen LogP contribution in [-0.4, -0.2) is 11.9 Å². The molecule has 0 atom stereocenters. The van der Waals surface area contributed by atoms with Gasteiger partial charge >= 0.3 is 6.03 Å². The van der Waals surface area contributed by atoms with Crippen LogP contribution in [0.4, 0.5) is 27.5 Å². The highest BCUT2D eigenvalue weighted by atomic mass is 35.5. The smallest absolute Gasteiger partial charge is 0.323 e. The van der Waals surface area contributed by atoms with Crippen LogP contribution in [0.5, 0.6) is 0 Å². The van der Waals surface area contributed by atoms with Crippen LogP contribution in [0.3, 0.4) is 0 Å². The molecule has 3 aromatic carbocycles. The number of nitrogens with zero attached hydrogens (tertiary/aromatic N) is 1. The van der Waals surface area contributed by atoms with Gasteiger partial charge in [-0.05, 0) is 36.4 Å². The highest BCUT2D eigenvalue weighted by Gasteiger charge is 2.09. The van der Waals surface area contributed by atoms with Crippen LogP contribution in [0.15, 0.2) is 103 Å². The van der Waals surface area contributed by atoms with Gasteiger partial charge in [0.2, 0.25) is 0 Å². The number of pyridine rings is 1. The number of aromatic nitrogens is 1. The molecule has 7 nitrogen and oxygen atoms in total. The topological polar surface area (TPSA) is 107 Å². The number of hydrogen-bond acceptors (Lipinski definition) is 3. The number of amidine groups is 1. The van der Waals surface area contributed by atoms with Crippen LogP contribution in [0.2, 0.25) is 0 Å². The molecule has 0 aliphatic heterocycles. The van der Waals surface area contributed by atoms with Crippen LogP contribution in [-0.2, 0) is 6.54 Å². The first kappa shape index (κ1) is 24.3. The Morgan fingerprint density at radius 2 is 1.38 bits per heavy atom. The molecule has 172 valence electrons. The summed E-state index contributed by atoms with van der Waals surface area (Å²) in [6.45, 7) is 0.798. The number of nitrogen functional groups attached to an aromatic ring is 1. The molecule has 1 aromatic heterocycles. The Kier molecular flexibility index (Phi) is 8.21. The number of carbonyl (C=O) groups excluding carboxylic acids is 1. The van der Waals surface area contributed by atoms with Gasteiger partial charge in [-0.25, -0.2) is 9.36 Å².